The van der Waals surface area contributed by atoms with Gasteiger partial charge < -0.3 is 0 Å². The number of amides is 1. The average Bonchev–Trinajstić information content (AvgIpc) is 2.24. The van der Waals surface area contributed by atoms with Gasteiger partial charge in [-0.3, -0.25) is 0 Å². The molecule has 0 aliphatic heterocycles. The predicted molar refractivity (Wildman–Crippen MR) is 54.3 cm³/mol. The van der Waals surface area contributed by atoms with Crippen molar-refractivity contribution < 1.29 is 30.3 Å². The molecule has 98 valence electrons. The van der Waals surface area contributed by atoms with Crippen LogP contribution in [0.2, 0.25) is 11.1 Å². The van der Waals surface area contributed by atoms with E-state index in [1.807, 2.05) is 5.82 Å². The fourth-order valence-electron chi connectivity index (χ4n) is 1.02. The first kappa shape index (κ1) is 15.9. The van der Waals surface area contributed by atoms with E-state index in [4.69, 9.17) is 0 Å². The first-order valence-electron chi connectivity index (χ1n) is 4.91. The minimum absolute atomic E-state index is 0.0190. The SMILES string of the molecule is C[Se]C[C@H](NC(=O)CC[C@H]([NH3+])C(=O)[O-])C(=O)[O-]. The van der Waals surface area contributed by atoms with Crippen molar-refractivity contribution in [1.82, 2.24) is 5.32 Å². The van der Waals surface area contributed by atoms with Crippen molar-refractivity contribution in [3.63, 3.8) is 0 Å². The molecule has 0 unspecified atom stereocenters. The second kappa shape index (κ2) is 8.05. The Balaban J connectivity index is 4.06. The Kier molecular flexibility index (Phi) is 7.52. The van der Waals surface area contributed by atoms with Crippen LogP contribution >= 0.6 is 0 Å². The quantitative estimate of drug-likeness (QED) is 0.436. The first-order valence-corrected chi connectivity index (χ1v) is 7.84. The molecule has 7 nitrogen and oxygen atoms in total. The predicted octanol–water partition coefficient (Wildman–Crippen LogP) is -4.47. The van der Waals surface area contributed by atoms with Crippen LogP contribution in [0, 0.1) is 0 Å². The van der Waals surface area contributed by atoms with Crippen LogP contribution in [0.5, 0.6) is 0 Å². The molecule has 0 spiro atoms. The van der Waals surface area contributed by atoms with Crippen molar-refractivity contribution in [2.24, 2.45) is 0 Å². The molecule has 0 bridgehead atoms. The van der Waals surface area contributed by atoms with E-state index >= 15 is 0 Å². The third-order valence-electron chi connectivity index (χ3n) is 2.01. The Morgan fingerprint density at radius 3 is 2.29 bits per heavy atom. The van der Waals surface area contributed by atoms with Crippen LogP contribution in [-0.2, 0) is 14.4 Å². The topological polar surface area (TPSA) is 137 Å². The zero-order chi connectivity index (χ0) is 13.4. The minimum atomic E-state index is -1.33. The Hall–Kier alpha value is -1.11. The molecule has 0 radical (unpaired) electrons. The molecule has 0 aliphatic rings. The molecule has 8 heteroatoms. The molecular formula is C9H15N2O5Se-. The number of carboxylic acids is 2. The van der Waals surface area contributed by atoms with E-state index in [9.17, 15) is 24.6 Å². The van der Waals surface area contributed by atoms with Gasteiger partial charge in [-0.1, -0.05) is 0 Å². The van der Waals surface area contributed by atoms with E-state index in [0.717, 1.165) is 0 Å². The van der Waals surface area contributed by atoms with E-state index in [2.05, 4.69) is 11.1 Å². The van der Waals surface area contributed by atoms with Crippen LogP contribution in [-0.4, -0.2) is 44.9 Å². The molecule has 4 N–H and O–H groups in total. The zero-order valence-corrected chi connectivity index (χ0v) is 11.1. The third kappa shape index (κ3) is 6.93. The summed E-state index contributed by atoms with van der Waals surface area (Å²) in [6, 6.07) is -1.98. The van der Waals surface area contributed by atoms with Crippen LogP contribution < -0.4 is 21.3 Å². The normalized spacial score (nSPS) is 13.8. The molecule has 0 aromatic carbocycles. The molecule has 2 atom stereocenters. The van der Waals surface area contributed by atoms with E-state index in [1.54, 1.807) is 0 Å². The van der Waals surface area contributed by atoms with Crippen molar-refractivity contribution in [3.05, 3.63) is 0 Å². The summed E-state index contributed by atoms with van der Waals surface area (Å²) in [4.78, 5) is 32.3. The zero-order valence-electron chi connectivity index (χ0n) is 9.43. The molecule has 0 heterocycles. The first-order chi connectivity index (χ1) is 7.88. The monoisotopic (exact) mass is 311 g/mol. The van der Waals surface area contributed by atoms with Gasteiger partial charge in [0.1, 0.15) is 0 Å². The van der Waals surface area contributed by atoms with Gasteiger partial charge in [0.05, 0.1) is 0 Å². The number of carbonyl (C=O) groups is 3. The maximum absolute atomic E-state index is 11.3. The van der Waals surface area contributed by atoms with Gasteiger partial charge in [-0.2, -0.15) is 0 Å². The van der Waals surface area contributed by atoms with Gasteiger partial charge >= 0.3 is 105 Å². The number of aliphatic carboxylic acids is 2. The molecule has 17 heavy (non-hydrogen) atoms. The molecular weight excluding hydrogens is 295 g/mol. The molecule has 0 saturated carbocycles. The van der Waals surface area contributed by atoms with E-state index in [-0.39, 0.29) is 27.8 Å². The van der Waals surface area contributed by atoms with E-state index in [1.165, 1.54) is 0 Å². The van der Waals surface area contributed by atoms with Gasteiger partial charge in [-0.25, -0.2) is 0 Å². The van der Waals surface area contributed by atoms with Gasteiger partial charge in [0.15, 0.2) is 0 Å². The summed E-state index contributed by atoms with van der Waals surface area (Å²) in [6.45, 7) is 0. The number of rotatable bonds is 8. The molecule has 1 amide bonds. The van der Waals surface area contributed by atoms with Crippen molar-refractivity contribution in [1.29, 1.82) is 0 Å². The van der Waals surface area contributed by atoms with Crippen molar-refractivity contribution in [2.75, 3.05) is 0 Å². The van der Waals surface area contributed by atoms with Crippen LogP contribution in [0.1, 0.15) is 12.8 Å². The summed E-state index contributed by atoms with van der Waals surface area (Å²) >= 11 is 0.0951. The number of hydrogen-bond donors (Lipinski definition) is 2. The van der Waals surface area contributed by atoms with Gasteiger partial charge in [0.25, 0.3) is 0 Å². The van der Waals surface area contributed by atoms with Crippen LogP contribution in [0.15, 0.2) is 0 Å². The second-order valence-electron chi connectivity index (χ2n) is 3.45. The Morgan fingerprint density at radius 1 is 1.29 bits per heavy atom. The number of nitrogens with one attached hydrogen (secondary N) is 1. The summed E-state index contributed by atoms with van der Waals surface area (Å²) < 4.78 is 0. The van der Waals surface area contributed by atoms with E-state index in [0.29, 0.717) is 5.32 Å². The molecule has 0 aliphatic carbocycles. The molecule has 0 fully saturated rings. The number of carboxylic acid groups (broad SMARTS) is 2. The van der Waals surface area contributed by atoms with Crippen LogP contribution in [0.3, 0.4) is 0 Å². The van der Waals surface area contributed by atoms with E-state index < -0.39 is 29.9 Å². The average molecular weight is 310 g/mol. The fraction of sp³-hybridized carbons (Fsp3) is 0.667. The van der Waals surface area contributed by atoms with Crippen LogP contribution in [0.4, 0.5) is 0 Å². The summed E-state index contributed by atoms with van der Waals surface area (Å²) in [5, 5.41) is 23.6. The standard InChI is InChI=1S/C9H16N2O5Se/c1-17-4-6(9(15)16)11-7(12)3-2-5(10)8(13)14/h5-6H,2-4,10H2,1H3,(H,11,12)(H,13,14)(H,15,16)/p-1/t5-,6-/m0/s1. The van der Waals surface area contributed by atoms with Crippen LogP contribution in [0.25, 0.3) is 0 Å². The molecule has 0 saturated heterocycles. The van der Waals surface area contributed by atoms with Gasteiger partial charge in [-0.05, 0) is 0 Å². The van der Waals surface area contributed by atoms with Crippen molar-refractivity contribution >= 4 is 32.8 Å². The maximum atomic E-state index is 11.3. The summed E-state index contributed by atoms with van der Waals surface area (Å²) in [5.41, 5.74) is 3.29. The molecule has 0 aromatic rings. The summed E-state index contributed by atoms with van der Waals surface area (Å²) in [7, 11) is 0. The molecule has 0 aromatic heterocycles. The van der Waals surface area contributed by atoms with Gasteiger partial charge in [0, 0.05) is 0 Å². The third-order valence-corrected chi connectivity index (χ3v) is 3.40. The number of quaternary nitrogens is 1. The fourth-order valence-corrected chi connectivity index (χ4v) is 2.18. The van der Waals surface area contributed by atoms with Gasteiger partial charge in [-0.15, -0.1) is 0 Å². The van der Waals surface area contributed by atoms with Crippen molar-refractivity contribution in [3.8, 4) is 0 Å². The number of hydrogen-bond acceptors (Lipinski definition) is 5. The Bertz CT molecular complexity index is 297. The molecule has 0 rings (SSSR count). The van der Waals surface area contributed by atoms with Gasteiger partial charge in [0.2, 0.25) is 0 Å². The Labute approximate surface area is 105 Å². The summed E-state index contributed by atoms with van der Waals surface area (Å²) in [6.07, 6.45) is -0.0756. The second-order valence-corrected chi connectivity index (χ2v) is 5.36. The Morgan fingerprint density at radius 2 is 1.88 bits per heavy atom. The van der Waals surface area contributed by atoms with Crippen molar-refractivity contribution in [2.45, 2.75) is 36.1 Å². The number of carbonyl (C=O) groups excluding carboxylic acids is 3. The summed E-state index contributed by atoms with van der Waals surface area (Å²) in [5.74, 6) is -1.32.